The first-order valence-corrected chi connectivity index (χ1v) is 11.0. The predicted octanol–water partition coefficient (Wildman–Crippen LogP) is 2.59. The van der Waals surface area contributed by atoms with E-state index in [1.54, 1.807) is 13.4 Å². The second kappa shape index (κ2) is 11.5. The molecule has 0 amide bonds. The summed E-state index contributed by atoms with van der Waals surface area (Å²) in [7, 11) is 1.71. The standard InChI is InChI=1S/C22H35N7O/c1-4-23-22(25-16-21-27-26-17-28(21)5-2)24-15-20(29-13-7-6-8-14-29)18-9-11-19(30-3)12-10-18/h9-12,17,20H,4-8,13-16H2,1-3H3,(H2,23,24,25). The zero-order chi connectivity index (χ0) is 21.2. The molecule has 8 heteroatoms. The lowest BCUT2D eigenvalue weighted by Crippen LogP contribution is -2.44. The largest absolute Gasteiger partial charge is 0.497 e. The summed E-state index contributed by atoms with van der Waals surface area (Å²) in [6, 6.07) is 8.73. The average molecular weight is 414 g/mol. The van der Waals surface area contributed by atoms with Gasteiger partial charge in [0.1, 0.15) is 18.6 Å². The summed E-state index contributed by atoms with van der Waals surface area (Å²) in [5, 5.41) is 15.1. The van der Waals surface area contributed by atoms with Gasteiger partial charge in [0.25, 0.3) is 0 Å². The number of piperidine rings is 1. The molecule has 1 fully saturated rings. The van der Waals surface area contributed by atoms with Gasteiger partial charge >= 0.3 is 0 Å². The normalized spacial score (nSPS) is 16.3. The Balaban J connectivity index is 1.71. The van der Waals surface area contributed by atoms with Crippen LogP contribution in [0.5, 0.6) is 5.75 Å². The Morgan fingerprint density at radius 3 is 2.57 bits per heavy atom. The molecule has 164 valence electrons. The molecule has 1 aromatic carbocycles. The smallest absolute Gasteiger partial charge is 0.191 e. The van der Waals surface area contributed by atoms with Crippen LogP contribution in [0.4, 0.5) is 0 Å². The zero-order valence-electron chi connectivity index (χ0n) is 18.5. The number of ether oxygens (including phenoxy) is 1. The van der Waals surface area contributed by atoms with Crippen LogP contribution in [0.1, 0.15) is 50.5 Å². The van der Waals surface area contributed by atoms with E-state index in [2.05, 4.69) is 51.7 Å². The lowest BCUT2D eigenvalue weighted by Gasteiger charge is -2.35. The van der Waals surface area contributed by atoms with Gasteiger partial charge in [-0.15, -0.1) is 10.2 Å². The molecule has 1 aromatic heterocycles. The highest BCUT2D eigenvalue weighted by Crippen LogP contribution is 2.25. The van der Waals surface area contributed by atoms with Gasteiger partial charge in [-0.3, -0.25) is 4.90 Å². The molecule has 8 nitrogen and oxygen atoms in total. The zero-order valence-corrected chi connectivity index (χ0v) is 18.5. The summed E-state index contributed by atoms with van der Waals surface area (Å²) in [5.74, 6) is 2.56. The van der Waals surface area contributed by atoms with Gasteiger partial charge in [0, 0.05) is 19.6 Å². The van der Waals surface area contributed by atoms with Gasteiger partial charge in [-0.1, -0.05) is 18.6 Å². The van der Waals surface area contributed by atoms with E-state index in [1.165, 1.54) is 24.8 Å². The number of benzene rings is 1. The van der Waals surface area contributed by atoms with Crippen molar-refractivity contribution in [2.24, 2.45) is 4.99 Å². The molecule has 1 unspecified atom stereocenters. The van der Waals surface area contributed by atoms with Crippen LogP contribution in [0, 0.1) is 0 Å². The van der Waals surface area contributed by atoms with Crippen molar-refractivity contribution in [1.29, 1.82) is 0 Å². The van der Waals surface area contributed by atoms with Gasteiger partial charge in [-0.2, -0.15) is 0 Å². The molecule has 2 N–H and O–H groups in total. The minimum Gasteiger partial charge on any atom is -0.497 e. The Hall–Kier alpha value is -2.61. The highest BCUT2D eigenvalue weighted by atomic mass is 16.5. The number of hydrogen-bond acceptors (Lipinski definition) is 5. The van der Waals surface area contributed by atoms with Crippen molar-refractivity contribution in [1.82, 2.24) is 30.3 Å². The molecule has 1 saturated heterocycles. The van der Waals surface area contributed by atoms with Gasteiger partial charge in [-0.05, 0) is 57.5 Å². The molecule has 2 aromatic rings. The van der Waals surface area contributed by atoms with E-state index < -0.39 is 0 Å². The number of aryl methyl sites for hydroxylation is 1. The maximum absolute atomic E-state index is 5.34. The summed E-state index contributed by atoms with van der Waals surface area (Å²) in [5.41, 5.74) is 1.30. The molecule has 1 atom stereocenters. The van der Waals surface area contributed by atoms with Crippen LogP contribution in [0.3, 0.4) is 0 Å². The van der Waals surface area contributed by atoms with Crippen molar-refractivity contribution in [2.75, 3.05) is 33.3 Å². The van der Waals surface area contributed by atoms with E-state index in [1.807, 2.05) is 16.7 Å². The van der Waals surface area contributed by atoms with Crippen LogP contribution in [0.25, 0.3) is 0 Å². The lowest BCUT2D eigenvalue weighted by atomic mass is 10.0. The van der Waals surface area contributed by atoms with E-state index in [0.29, 0.717) is 12.6 Å². The number of nitrogens with one attached hydrogen (secondary N) is 2. The Kier molecular flexibility index (Phi) is 8.50. The molecule has 30 heavy (non-hydrogen) atoms. The van der Waals surface area contributed by atoms with E-state index in [0.717, 1.165) is 50.3 Å². The van der Waals surface area contributed by atoms with Crippen molar-refractivity contribution in [3.8, 4) is 5.75 Å². The summed E-state index contributed by atoms with van der Waals surface area (Å²) < 4.78 is 7.35. The van der Waals surface area contributed by atoms with Crippen LogP contribution in [0.15, 0.2) is 35.6 Å². The van der Waals surface area contributed by atoms with Crippen LogP contribution >= 0.6 is 0 Å². The first-order chi connectivity index (χ1) is 14.7. The first kappa shape index (κ1) is 22.1. The third kappa shape index (κ3) is 5.95. The second-order valence-corrected chi connectivity index (χ2v) is 7.49. The number of guanidine groups is 1. The highest BCUT2D eigenvalue weighted by Gasteiger charge is 2.22. The molecule has 2 heterocycles. The minimum atomic E-state index is 0.291. The predicted molar refractivity (Wildman–Crippen MR) is 120 cm³/mol. The minimum absolute atomic E-state index is 0.291. The molecular formula is C22H35N7O. The van der Waals surface area contributed by atoms with E-state index in [-0.39, 0.29) is 0 Å². The quantitative estimate of drug-likeness (QED) is 0.486. The van der Waals surface area contributed by atoms with Gasteiger partial charge < -0.3 is 19.9 Å². The van der Waals surface area contributed by atoms with Crippen LogP contribution < -0.4 is 15.4 Å². The summed E-state index contributed by atoms with van der Waals surface area (Å²) >= 11 is 0. The van der Waals surface area contributed by atoms with Crippen molar-refractivity contribution in [3.05, 3.63) is 42.0 Å². The molecule has 3 rings (SSSR count). The topological polar surface area (TPSA) is 79.6 Å². The molecule has 0 spiro atoms. The number of nitrogens with zero attached hydrogens (tertiary/aromatic N) is 5. The second-order valence-electron chi connectivity index (χ2n) is 7.49. The van der Waals surface area contributed by atoms with Gasteiger partial charge in [0.2, 0.25) is 0 Å². The van der Waals surface area contributed by atoms with Crippen molar-refractivity contribution in [3.63, 3.8) is 0 Å². The van der Waals surface area contributed by atoms with Crippen LogP contribution in [-0.2, 0) is 13.1 Å². The number of likely N-dealkylation sites (tertiary alicyclic amines) is 1. The molecular weight excluding hydrogens is 378 g/mol. The number of methoxy groups -OCH3 is 1. The van der Waals surface area contributed by atoms with Crippen LogP contribution in [-0.4, -0.2) is 58.9 Å². The number of aliphatic imine (C=N–C) groups is 1. The fraction of sp³-hybridized carbons (Fsp3) is 0.591. The molecule has 0 saturated carbocycles. The van der Waals surface area contributed by atoms with Gasteiger partial charge in [0.15, 0.2) is 11.8 Å². The van der Waals surface area contributed by atoms with E-state index in [4.69, 9.17) is 9.73 Å². The van der Waals surface area contributed by atoms with Crippen molar-refractivity contribution in [2.45, 2.75) is 52.2 Å². The van der Waals surface area contributed by atoms with Gasteiger partial charge in [0.05, 0.1) is 13.2 Å². The molecule has 0 bridgehead atoms. The number of aromatic nitrogens is 3. The third-order valence-corrected chi connectivity index (χ3v) is 5.55. The summed E-state index contributed by atoms with van der Waals surface area (Å²) in [6.07, 6.45) is 5.59. The van der Waals surface area contributed by atoms with Crippen LogP contribution in [0.2, 0.25) is 0 Å². The maximum Gasteiger partial charge on any atom is 0.191 e. The Labute approximate surface area is 179 Å². The Morgan fingerprint density at radius 2 is 1.90 bits per heavy atom. The fourth-order valence-corrected chi connectivity index (χ4v) is 3.86. The number of hydrogen-bond donors (Lipinski definition) is 2. The summed E-state index contributed by atoms with van der Waals surface area (Å²) in [4.78, 5) is 7.31. The SMILES string of the molecule is CCNC(=NCc1nncn1CC)NCC(c1ccc(OC)cc1)N1CCCCC1. The maximum atomic E-state index is 5.34. The molecule has 0 aliphatic carbocycles. The Morgan fingerprint density at radius 1 is 1.13 bits per heavy atom. The van der Waals surface area contributed by atoms with E-state index in [9.17, 15) is 0 Å². The molecule has 1 aliphatic heterocycles. The molecule has 0 radical (unpaired) electrons. The third-order valence-electron chi connectivity index (χ3n) is 5.55. The molecule has 1 aliphatic rings. The average Bonchev–Trinajstić information content (AvgIpc) is 3.26. The van der Waals surface area contributed by atoms with Gasteiger partial charge in [-0.25, -0.2) is 4.99 Å². The lowest BCUT2D eigenvalue weighted by molar-refractivity contribution is 0.164. The number of rotatable bonds is 9. The van der Waals surface area contributed by atoms with E-state index >= 15 is 0 Å². The Bertz CT molecular complexity index is 781. The first-order valence-electron chi connectivity index (χ1n) is 11.0. The monoisotopic (exact) mass is 413 g/mol. The highest BCUT2D eigenvalue weighted by molar-refractivity contribution is 5.79. The van der Waals surface area contributed by atoms with Crippen molar-refractivity contribution < 1.29 is 4.74 Å². The van der Waals surface area contributed by atoms with Crippen molar-refractivity contribution >= 4 is 5.96 Å². The summed E-state index contributed by atoms with van der Waals surface area (Å²) in [6.45, 7) is 9.37. The fourth-order valence-electron chi connectivity index (χ4n) is 3.86.